The molecule has 1 aromatic rings. The zero-order valence-corrected chi connectivity index (χ0v) is 13.6. The van der Waals surface area contributed by atoms with Crippen LogP contribution < -0.4 is 10.1 Å². The normalized spacial score (nSPS) is 14.0. The van der Waals surface area contributed by atoms with Crippen molar-refractivity contribution in [2.45, 2.75) is 52.2 Å². The summed E-state index contributed by atoms with van der Waals surface area (Å²) in [7, 11) is 1.48. The summed E-state index contributed by atoms with van der Waals surface area (Å²) in [6, 6.07) is 5.35. The van der Waals surface area contributed by atoms with Crippen LogP contribution in [0, 0.1) is 5.82 Å². The number of halogens is 1. The van der Waals surface area contributed by atoms with E-state index in [-0.39, 0.29) is 23.7 Å². The number of methoxy groups -OCH3 is 1. The van der Waals surface area contributed by atoms with Crippen molar-refractivity contribution in [3.05, 3.63) is 29.6 Å². The van der Waals surface area contributed by atoms with Gasteiger partial charge in [-0.3, -0.25) is 0 Å². The summed E-state index contributed by atoms with van der Waals surface area (Å²) in [4.78, 5) is 0. The van der Waals surface area contributed by atoms with Gasteiger partial charge in [-0.1, -0.05) is 19.9 Å². The van der Waals surface area contributed by atoms with E-state index in [9.17, 15) is 4.39 Å². The Hall–Kier alpha value is -1.13. The summed E-state index contributed by atoms with van der Waals surface area (Å²) in [5.41, 5.74) is 0.958. The van der Waals surface area contributed by atoms with Gasteiger partial charge in [0.05, 0.1) is 13.2 Å². The molecule has 0 fully saturated rings. The summed E-state index contributed by atoms with van der Waals surface area (Å²) in [5.74, 6) is -0.0256. The first-order valence-electron chi connectivity index (χ1n) is 7.83. The molecule has 0 aliphatic heterocycles. The number of ether oxygens (including phenoxy) is 2. The molecule has 1 N–H and O–H groups in total. The van der Waals surface area contributed by atoms with Gasteiger partial charge in [-0.25, -0.2) is 4.39 Å². The summed E-state index contributed by atoms with van der Waals surface area (Å²) < 4.78 is 24.6. The van der Waals surface area contributed by atoms with E-state index in [0.717, 1.165) is 31.4 Å². The van der Waals surface area contributed by atoms with Gasteiger partial charge in [0, 0.05) is 12.6 Å². The van der Waals surface area contributed by atoms with Crippen molar-refractivity contribution in [3.63, 3.8) is 0 Å². The first kappa shape index (κ1) is 17.9. The minimum atomic E-state index is -0.311. The summed E-state index contributed by atoms with van der Waals surface area (Å²) in [5, 5.41) is 3.52. The van der Waals surface area contributed by atoms with Crippen molar-refractivity contribution >= 4 is 0 Å². The summed E-state index contributed by atoms with van der Waals surface area (Å²) in [6.07, 6.45) is 2.90. The van der Waals surface area contributed by atoms with E-state index >= 15 is 0 Å². The lowest BCUT2D eigenvalue weighted by atomic mass is 9.99. The van der Waals surface area contributed by atoms with Crippen LogP contribution in [0.15, 0.2) is 18.2 Å². The molecule has 0 aliphatic rings. The highest BCUT2D eigenvalue weighted by Crippen LogP contribution is 2.20. The van der Waals surface area contributed by atoms with Gasteiger partial charge in [0.25, 0.3) is 0 Å². The largest absolute Gasteiger partial charge is 0.494 e. The lowest BCUT2D eigenvalue weighted by molar-refractivity contribution is 0.0319. The Bertz CT molecular complexity index is 412. The molecule has 0 radical (unpaired) electrons. The van der Waals surface area contributed by atoms with Gasteiger partial charge in [0.15, 0.2) is 11.6 Å². The van der Waals surface area contributed by atoms with Crippen LogP contribution in [0.4, 0.5) is 4.39 Å². The minimum Gasteiger partial charge on any atom is -0.494 e. The van der Waals surface area contributed by atoms with Gasteiger partial charge in [-0.15, -0.1) is 0 Å². The van der Waals surface area contributed by atoms with E-state index in [2.05, 4.69) is 19.2 Å². The van der Waals surface area contributed by atoms with E-state index in [0.29, 0.717) is 6.61 Å². The second-order valence-corrected chi connectivity index (χ2v) is 5.14. The maximum absolute atomic E-state index is 13.8. The molecule has 4 heteroatoms. The summed E-state index contributed by atoms with van der Waals surface area (Å²) >= 11 is 0. The van der Waals surface area contributed by atoms with E-state index in [1.54, 1.807) is 12.1 Å². The maximum Gasteiger partial charge on any atom is 0.165 e. The number of rotatable bonds is 10. The van der Waals surface area contributed by atoms with Crippen molar-refractivity contribution in [3.8, 4) is 5.75 Å². The Morgan fingerprint density at radius 1 is 1.24 bits per heavy atom. The van der Waals surface area contributed by atoms with Gasteiger partial charge < -0.3 is 14.8 Å². The fraction of sp³-hybridized carbons (Fsp3) is 0.647. The van der Waals surface area contributed by atoms with Crippen LogP contribution in [0.5, 0.6) is 5.75 Å². The number of hydrogen-bond donors (Lipinski definition) is 1. The quantitative estimate of drug-likeness (QED) is 0.716. The highest BCUT2D eigenvalue weighted by molar-refractivity contribution is 5.29. The van der Waals surface area contributed by atoms with Crippen molar-refractivity contribution in [1.29, 1.82) is 0 Å². The molecule has 1 rings (SSSR count). The standard InChI is InChI=1S/C17H28FNO2/c1-5-10-19-15(16(6-2)21-7-3)12-13-8-9-17(20-4)14(18)11-13/h8-9,11,15-16,19H,5-7,10,12H2,1-4H3. The molecule has 0 bridgehead atoms. The van der Waals surface area contributed by atoms with Crippen LogP contribution in [-0.4, -0.2) is 32.4 Å². The van der Waals surface area contributed by atoms with Gasteiger partial charge in [0.2, 0.25) is 0 Å². The highest BCUT2D eigenvalue weighted by atomic mass is 19.1. The monoisotopic (exact) mass is 297 g/mol. The first-order chi connectivity index (χ1) is 10.2. The van der Waals surface area contributed by atoms with Gasteiger partial charge in [-0.05, 0) is 50.4 Å². The number of benzene rings is 1. The zero-order valence-electron chi connectivity index (χ0n) is 13.6. The fourth-order valence-corrected chi connectivity index (χ4v) is 2.49. The fourth-order valence-electron chi connectivity index (χ4n) is 2.49. The molecule has 0 aromatic heterocycles. The SMILES string of the molecule is CCCNC(Cc1ccc(OC)c(F)c1)C(CC)OCC. The minimum absolute atomic E-state index is 0.145. The third kappa shape index (κ3) is 5.64. The smallest absolute Gasteiger partial charge is 0.165 e. The molecular formula is C17H28FNO2. The van der Waals surface area contributed by atoms with Crippen LogP contribution in [0.25, 0.3) is 0 Å². The molecule has 1 aromatic carbocycles. The van der Waals surface area contributed by atoms with Crippen molar-refractivity contribution in [2.75, 3.05) is 20.3 Å². The summed E-state index contributed by atoms with van der Waals surface area (Å²) in [6.45, 7) is 7.90. The second-order valence-electron chi connectivity index (χ2n) is 5.14. The van der Waals surface area contributed by atoms with Crippen LogP contribution in [-0.2, 0) is 11.2 Å². The van der Waals surface area contributed by atoms with Gasteiger partial charge in [-0.2, -0.15) is 0 Å². The zero-order chi connectivity index (χ0) is 15.7. The van der Waals surface area contributed by atoms with Crippen LogP contribution in [0.2, 0.25) is 0 Å². The molecular weight excluding hydrogens is 269 g/mol. The third-order valence-electron chi connectivity index (χ3n) is 3.56. The predicted octanol–water partition coefficient (Wildman–Crippen LogP) is 3.56. The molecule has 120 valence electrons. The Kier molecular flexibility index (Phi) is 8.31. The third-order valence-corrected chi connectivity index (χ3v) is 3.56. The van der Waals surface area contributed by atoms with E-state index in [1.807, 2.05) is 13.0 Å². The van der Waals surface area contributed by atoms with E-state index in [1.165, 1.54) is 7.11 Å². The van der Waals surface area contributed by atoms with Crippen molar-refractivity contribution in [1.82, 2.24) is 5.32 Å². The molecule has 0 saturated carbocycles. The van der Waals surface area contributed by atoms with Crippen LogP contribution in [0.1, 0.15) is 39.2 Å². The molecule has 0 saturated heterocycles. The second kappa shape index (κ2) is 9.74. The Labute approximate surface area is 127 Å². The molecule has 2 unspecified atom stereocenters. The lowest BCUT2D eigenvalue weighted by Crippen LogP contribution is -2.43. The first-order valence-corrected chi connectivity index (χ1v) is 7.83. The average molecular weight is 297 g/mol. The van der Waals surface area contributed by atoms with Crippen LogP contribution in [0.3, 0.4) is 0 Å². The molecule has 2 atom stereocenters. The van der Waals surface area contributed by atoms with Crippen LogP contribution >= 0.6 is 0 Å². The highest BCUT2D eigenvalue weighted by Gasteiger charge is 2.20. The van der Waals surface area contributed by atoms with Gasteiger partial charge >= 0.3 is 0 Å². The Balaban J connectivity index is 2.81. The molecule has 0 spiro atoms. The number of hydrogen-bond acceptors (Lipinski definition) is 3. The van der Waals surface area contributed by atoms with E-state index < -0.39 is 0 Å². The average Bonchev–Trinajstić information content (AvgIpc) is 2.49. The lowest BCUT2D eigenvalue weighted by Gasteiger charge is -2.27. The molecule has 21 heavy (non-hydrogen) atoms. The van der Waals surface area contributed by atoms with Crippen molar-refractivity contribution in [2.24, 2.45) is 0 Å². The predicted molar refractivity (Wildman–Crippen MR) is 84.4 cm³/mol. The maximum atomic E-state index is 13.8. The molecule has 0 aliphatic carbocycles. The molecule has 0 heterocycles. The van der Waals surface area contributed by atoms with E-state index in [4.69, 9.17) is 9.47 Å². The van der Waals surface area contributed by atoms with Gasteiger partial charge in [0.1, 0.15) is 0 Å². The Morgan fingerprint density at radius 3 is 2.52 bits per heavy atom. The topological polar surface area (TPSA) is 30.5 Å². The van der Waals surface area contributed by atoms with Crippen molar-refractivity contribution < 1.29 is 13.9 Å². The molecule has 0 amide bonds. The number of nitrogens with one attached hydrogen (secondary N) is 1. The molecule has 3 nitrogen and oxygen atoms in total. The Morgan fingerprint density at radius 2 is 2.00 bits per heavy atom.